The number of rotatable bonds is 3. The normalized spacial score (nSPS) is 11.5. The van der Waals surface area contributed by atoms with Crippen LogP contribution >= 0.6 is 11.3 Å². The molecule has 0 saturated carbocycles. The van der Waals surface area contributed by atoms with Gasteiger partial charge >= 0.3 is 0 Å². The van der Waals surface area contributed by atoms with Gasteiger partial charge in [-0.3, -0.25) is 15.1 Å². The summed E-state index contributed by atoms with van der Waals surface area (Å²) in [6.45, 7) is 0. The van der Waals surface area contributed by atoms with Gasteiger partial charge in [-0.05, 0) is 36.4 Å². The van der Waals surface area contributed by atoms with Crippen LogP contribution in [0.3, 0.4) is 0 Å². The van der Waals surface area contributed by atoms with Crippen molar-refractivity contribution in [2.24, 2.45) is 0 Å². The van der Waals surface area contributed by atoms with E-state index < -0.39 is 0 Å². The van der Waals surface area contributed by atoms with Crippen LogP contribution in [0.4, 0.5) is 4.39 Å². The monoisotopic (exact) mass is 413 g/mol. The van der Waals surface area contributed by atoms with Crippen molar-refractivity contribution in [1.29, 1.82) is 0 Å². The first-order chi connectivity index (χ1) is 14.8. The fourth-order valence-electron chi connectivity index (χ4n) is 3.46. The Morgan fingerprint density at radius 1 is 1.00 bits per heavy atom. The molecule has 0 aliphatic heterocycles. The average Bonchev–Trinajstić information content (AvgIpc) is 3.51. The van der Waals surface area contributed by atoms with Gasteiger partial charge in [0.1, 0.15) is 5.69 Å². The third kappa shape index (κ3) is 2.67. The number of imidazole rings is 1. The summed E-state index contributed by atoms with van der Waals surface area (Å²) >= 11 is 1.09. The lowest BCUT2D eigenvalue weighted by atomic mass is 10.1. The minimum Gasteiger partial charge on any atom is -0.335 e. The van der Waals surface area contributed by atoms with Crippen molar-refractivity contribution in [1.82, 2.24) is 35.1 Å². The van der Waals surface area contributed by atoms with Crippen LogP contribution < -0.4 is 0 Å². The molecule has 144 valence electrons. The second-order valence-electron chi connectivity index (χ2n) is 6.68. The summed E-state index contributed by atoms with van der Waals surface area (Å²) in [5, 5.41) is 8.09. The lowest BCUT2D eigenvalue weighted by Crippen LogP contribution is -1.85. The van der Waals surface area contributed by atoms with E-state index in [1.165, 1.54) is 6.07 Å². The van der Waals surface area contributed by atoms with Gasteiger partial charge in [0.25, 0.3) is 0 Å². The molecule has 0 bridgehead atoms. The average molecular weight is 413 g/mol. The first kappa shape index (κ1) is 16.9. The molecule has 0 aromatic carbocycles. The molecule has 0 unspecified atom stereocenters. The first-order valence-electron chi connectivity index (χ1n) is 9.11. The van der Waals surface area contributed by atoms with Gasteiger partial charge in [0, 0.05) is 40.0 Å². The van der Waals surface area contributed by atoms with Gasteiger partial charge in [-0.25, -0.2) is 9.97 Å². The number of aromatic amines is 2. The molecule has 0 aliphatic rings. The summed E-state index contributed by atoms with van der Waals surface area (Å²) in [6.07, 6.45) is 6.91. The van der Waals surface area contributed by atoms with Crippen molar-refractivity contribution in [3.63, 3.8) is 0 Å². The van der Waals surface area contributed by atoms with Crippen LogP contribution in [0.2, 0.25) is 0 Å². The number of fused-ring (bicyclic) bond motifs is 2. The van der Waals surface area contributed by atoms with E-state index in [9.17, 15) is 4.39 Å². The van der Waals surface area contributed by atoms with Crippen molar-refractivity contribution in [2.75, 3.05) is 0 Å². The Morgan fingerprint density at radius 2 is 1.97 bits per heavy atom. The largest absolute Gasteiger partial charge is 0.335 e. The maximum absolute atomic E-state index is 13.5. The Labute approximate surface area is 172 Å². The molecule has 0 aliphatic carbocycles. The highest BCUT2D eigenvalue weighted by Gasteiger charge is 2.17. The Bertz CT molecular complexity index is 1520. The summed E-state index contributed by atoms with van der Waals surface area (Å²) in [6, 6.07) is 10.8. The van der Waals surface area contributed by atoms with Gasteiger partial charge in [0.15, 0.2) is 16.6 Å². The lowest BCUT2D eigenvalue weighted by Gasteiger charge is -2.00. The number of nitrogens with one attached hydrogen (secondary N) is 2. The number of H-pyrrole nitrogens is 2. The molecule has 0 spiro atoms. The number of hydrogen-bond donors (Lipinski definition) is 2. The lowest BCUT2D eigenvalue weighted by molar-refractivity contribution is 0.657. The zero-order valence-corrected chi connectivity index (χ0v) is 16.1. The number of halogens is 1. The van der Waals surface area contributed by atoms with Gasteiger partial charge in [0.05, 0.1) is 22.9 Å². The SMILES string of the molecule is Fc1ccc(-c2ccnc3nc(-c4n[nH]c5cnc(-c6cccnc6)cc45)[nH]c23)s1. The third-order valence-corrected chi connectivity index (χ3v) is 5.77. The van der Waals surface area contributed by atoms with Crippen molar-refractivity contribution in [3.8, 4) is 33.2 Å². The second kappa shape index (κ2) is 6.53. The highest BCUT2D eigenvalue weighted by Crippen LogP contribution is 2.34. The van der Waals surface area contributed by atoms with Gasteiger partial charge in [-0.2, -0.15) is 9.49 Å². The first-order valence-corrected chi connectivity index (χ1v) is 9.93. The zero-order valence-electron chi connectivity index (χ0n) is 15.3. The second-order valence-corrected chi connectivity index (χ2v) is 7.71. The minimum atomic E-state index is -0.233. The molecule has 6 aromatic rings. The number of pyridine rings is 3. The van der Waals surface area contributed by atoms with E-state index >= 15 is 0 Å². The molecule has 0 atom stereocenters. The molecule has 9 heteroatoms. The highest BCUT2D eigenvalue weighted by atomic mass is 32.1. The summed E-state index contributed by atoms with van der Waals surface area (Å²) in [4.78, 5) is 21.8. The van der Waals surface area contributed by atoms with Gasteiger partial charge in [-0.15, -0.1) is 11.3 Å². The van der Waals surface area contributed by atoms with Crippen LogP contribution in [-0.4, -0.2) is 35.1 Å². The minimum absolute atomic E-state index is 0.233. The fraction of sp³-hybridized carbons (Fsp3) is 0. The molecule has 30 heavy (non-hydrogen) atoms. The Morgan fingerprint density at radius 3 is 2.80 bits per heavy atom. The standard InChI is InChI=1S/C21H12FN7S/c22-17-4-3-16(30-17)12-5-7-24-20-18(12)26-21(27-20)19-13-8-14(11-2-1-6-23-9-11)25-10-15(13)28-29-19/h1-10H,(H,28,29)(H,24,26,27). The third-order valence-electron chi connectivity index (χ3n) is 4.86. The maximum Gasteiger partial charge on any atom is 0.178 e. The number of hydrogen-bond acceptors (Lipinski definition) is 6. The van der Waals surface area contributed by atoms with Gasteiger partial charge in [0.2, 0.25) is 0 Å². The van der Waals surface area contributed by atoms with Crippen molar-refractivity contribution < 1.29 is 4.39 Å². The Kier molecular flexibility index (Phi) is 3.68. The predicted octanol–water partition coefficient (Wildman–Crippen LogP) is 4.83. The van der Waals surface area contributed by atoms with Crippen LogP contribution in [-0.2, 0) is 0 Å². The van der Waals surface area contributed by atoms with Gasteiger partial charge < -0.3 is 4.98 Å². The van der Waals surface area contributed by atoms with Crippen LogP contribution in [0, 0.1) is 5.13 Å². The molecular weight excluding hydrogens is 401 g/mol. The molecule has 0 amide bonds. The predicted molar refractivity (Wildman–Crippen MR) is 113 cm³/mol. The number of thiophene rings is 1. The Balaban J connectivity index is 1.52. The van der Waals surface area contributed by atoms with Crippen LogP contribution in [0.1, 0.15) is 0 Å². The molecule has 0 saturated heterocycles. The van der Waals surface area contributed by atoms with Crippen LogP contribution in [0.5, 0.6) is 0 Å². The van der Waals surface area contributed by atoms with Crippen molar-refractivity contribution in [3.05, 3.63) is 66.3 Å². The van der Waals surface area contributed by atoms with E-state index in [0.717, 1.165) is 49.5 Å². The molecule has 6 aromatic heterocycles. The zero-order chi connectivity index (χ0) is 20.1. The molecular formula is C21H12FN7S. The summed E-state index contributed by atoms with van der Waals surface area (Å²) in [5.41, 5.74) is 5.32. The smallest absolute Gasteiger partial charge is 0.178 e. The van der Waals surface area contributed by atoms with Gasteiger partial charge in [-0.1, -0.05) is 0 Å². The van der Waals surface area contributed by atoms with E-state index in [-0.39, 0.29) is 5.13 Å². The van der Waals surface area contributed by atoms with E-state index in [1.807, 2.05) is 24.3 Å². The van der Waals surface area contributed by atoms with E-state index in [2.05, 4.69) is 35.1 Å². The van der Waals surface area contributed by atoms with Crippen LogP contribution in [0.25, 0.3) is 55.3 Å². The van der Waals surface area contributed by atoms with Crippen molar-refractivity contribution >= 4 is 33.4 Å². The summed E-state index contributed by atoms with van der Waals surface area (Å²) < 4.78 is 13.5. The van der Waals surface area contributed by atoms with Crippen molar-refractivity contribution in [2.45, 2.75) is 0 Å². The molecule has 6 heterocycles. The van der Waals surface area contributed by atoms with E-state index in [0.29, 0.717) is 17.2 Å². The number of nitrogens with zero attached hydrogens (tertiary/aromatic N) is 5. The Hall–Kier alpha value is -3.98. The molecule has 0 radical (unpaired) electrons. The fourth-order valence-corrected chi connectivity index (χ4v) is 4.22. The maximum atomic E-state index is 13.5. The van der Waals surface area contributed by atoms with Crippen LogP contribution in [0.15, 0.2) is 61.2 Å². The topological polar surface area (TPSA) is 96.0 Å². The quantitative estimate of drug-likeness (QED) is 0.433. The highest BCUT2D eigenvalue weighted by molar-refractivity contribution is 7.14. The molecule has 6 rings (SSSR count). The molecule has 0 fully saturated rings. The van der Waals surface area contributed by atoms with E-state index in [4.69, 9.17) is 0 Å². The summed E-state index contributed by atoms with van der Waals surface area (Å²) in [7, 11) is 0. The number of aromatic nitrogens is 7. The summed E-state index contributed by atoms with van der Waals surface area (Å²) in [5.74, 6) is 0.580. The van der Waals surface area contributed by atoms with E-state index in [1.54, 1.807) is 30.9 Å². The molecule has 2 N–H and O–H groups in total. The molecule has 7 nitrogen and oxygen atoms in total.